The van der Waals surface area contributed by atoms with Gasteiger partial charge in [0.15, 0.2) is 0 Å². The highest BCUT2D eigenvalue weighted by atomic mass is 14.9. The molecule has 1 aromatic heterocycles. The highest BCUT2D eigenvalue weighted by Crippen LogP contribution is 2.27. The van der Waals surface area contributed by atoms with E-state index >= 15 is 0 Å². The zero-order valence-electron chi connectivity index (χ0n) is 9.62. The summed E-state index contributed by atoms with van der Waals surface area (Å²) in [6.45, 7) is 5.07. The Morgan fingerprint density at radius 1 is 1.33 bits per heavy atom. The fourth-order valence-electron chi connectivity index (χ4n) is 2.06. The first kappa shape index (κ1) is 10.2. The third-order valence-corrected chi connectivity index (χ3v) is 2.94. The topological polar surface area (TPSA) is 30.9 Å². The van der Waals surface area contributed by atoms with Crippen molar-refractivity contribution in [3.05, 3.63) is 35.5 Å². The second kappa shape index (κ2) is 3.70. The molecule has 2 aromatic rings. The predicted octanol–water partition coefficient (Wildman–Crippen LogP) is 2.76. The largest absolute Gasteiger partial charge is 0.350 e. The van der Waals surface area contributed by atoms with E-state index in [0.717, 1.165) is 0 Å². The first-order valence-electron chi connectivity index (χ1n) is 5.41. The third kappa shape index (κ3) is 1.65. The van der Waals surface area contributed by atoms with E-state index in [-0.39, 0.29) is 0 Å². The van der Waals surface area contributed by atoms with Gasteiger partial charge in [-0.3, -0.25) is 0 Å². The van der Waals surface area contributed by atoms with Crippen LogP contribution in [-0.4, -0.2) is 4.57 Å². The van der Waals surface area contributed by atoms with E-state index in [2.05, 4.69) is 49.9 Å². The van der Waals surface area contributed by atoms with Gasteiger partial charge in [-0.25, -0.2) is 0 Å². The van der Waals surface area contributed by atoms with Crippen LogP contribution in [0.3, 0.4) is 0 Å². The van der Waals surface area contributed by atoms with Crippen LogP contribution in [-0.2, 0) is 13.6 Å². The summed E-state index contributed by atoms with van der Waals surface area (Å²) in [6.07, 6.45) is 2.22. The van der Waals surface area contributed by atoms with E-state index in [1.54, 1.807) is 0 Å². The fourth-order valence-corrected chi connectivity index (χ4v) is 2.06. The zero-order valence-corrected chi connectivity index (χ0v) is 9.62. The molecular weight excluding hydrogens is 184 g/mol. The Morgan fingerprint density at radius 3 is 2.67 bits per heavy atom. The van der Waals surface area contributed by atoms with E-state index in [9.17, 15) is 0 Å². The number of aryl methyl sites for hydroxylation is 1. The van der Waals surface area contributed by atoms with Crippen LogP contribution in [0.5, 0.6) is 0 Å². The van der Waals surface area contributed by atoms with E-state index in [4.69, 9.17) is 5.73 Å². The van der Waals surface area contributed by atoms with Crippen LogP contribution in [0.15, 0.2) is 24.4 Å². The molecule has 80 valence electrons. The maximum absolute atomic E-state index is 5.67. The summed E-state index contributed by atoms with van der Waals surface area (Å²) in [5.74, 6) is 0.557. The van der Waals surface area contributed by atoms with Crippen LogP contribution in [0.2, 0.25) is 0 Å². The molecule has 0 fully saturated rings. The van der Waals surface area contributed by atoms with Gasteiger partial charge in [-0.2, -0.15) is 0 Å². The van der Waals surface area contributed by atoms with Crippen molar-refractivity contribution in [3.63, 3.8) is 0 Å². The van der Waals surface area contributed by atoms with Gasteiger partial charge in [0, 0.05) is 30.7 Å². The van der Waals surface area contributed by atoms with Crippen LogP contribution in [0.4, 0.5) is 0 Å². The molecule has 2 heteroatoms. The van der Waals surface area contributed by atoms with Crippen molar-refractivity contribution in [2.75, 3.05) is 0 Å². The Labute approximate surface area is 90.7 Å². The molecule has 0 spiro atoms. The Bertz CT molecular complexity index is 480. The monoisotopic (exact) mass is 202 g/mol. The summed E-state index contributed by atoms with van der Waals surface area (Å²) < 4.78 is 2.19. The molecule has 1 heterocycles. The molecular formula is C13H18N2. The number of hydrogen-bond acceptors (Lipinski definition) is 1. The van der Waals surface area contributed by atoms with Crippen LogP contribution in [0.1, 0.15) is 30.9 Å². The molecule has 2 rings (SSSR count). The minimum atomic E-state index is 0.557. The third-order valence-electron chi connectivity index (χ3n) is 2.94. The van der Waals surface area contributed by atoms with Gasteiger partial charge in [0.1, 0.15) is 0 Å². The van der Waals surface area contributed by atoms with E-state index < -0.39 is 0 Å². The molecule has 0 saturated heterocycles. The van der Waals surface area contributed by atoms with Crippen molar-refractivity contribution in [2.45, 2.75) is 26.3 Å². The molecule has 0 atom stereocenters. The molecule has 1 aromatic carbocycles. The highest BCUT2D eigenvalue weighted by molar-refractivity contribution is 5.85. The van der Waals surface area contributed by atoms with Crippen LogP contribution in [0.25, 0.3) is 10.9 Å². The maximum Gasteiger partial charge on any atom is 0.0480 e. The molecule has 0 aliphatic rings. The van der Waals surface area contributed by atoms with Crippen molar-refractivity contribution in [1.82, 2.24) is 4.57 Å². The first-order valence-corrected chi connectivity index (χ1v) is 5.41. The summed E-state index contributed by atoms with van der Waals surface area (Å²) in [4.78, 5) is 0. The highest BCUT2D eigenvalue weighted by Gasteiger charge is 2.09. The van der Waals surface area contributed by atoms with E-state index in [1.165, 1.54) is 22.0 Å². The summed E-state index contributed by atoms with van der Waals surface area (Å²) in [5, 5.41) is 1.34. The maximum atomic E-state index is 5.67. The SMILES string of the molecule is CC(C)c1cn(C)c2ccc(CN)cc12. The molecule has 2 N–H and O–H groups in total. The van der Waals surface area contributed by atoms with Crippen LogP contribution in [0, 0.1) is 0 Å². The van der Waals surface area contributed by atoms with Crippen molar-refractivity contribution < 1.29 is 0 Å². The Balaban J connectivity index is 2.71. The first-order chi connectivity index (χ1) is 7.13. The smallest absolute Gasteiger partial charge is 0.0480 e. The van der Waals surface area contributed by atoms with E-state index in [0.29, 0.717) is 12.5 Å². The van der Waals surface area contributed by atoms with Crippen molar-refractivity contribution >= 4 is 10.9 Å². The average Bonchev–Trinajstić information content (AvgIpc) is 2.56. The normalized spacial score (nSPS) is 11.5. The number of hydrogen-bond donors (Lipinski definition) is 1. The van der Waals surface area contributed by atoms with Crippen LogP contribution < -0.4 is 5.73 Å². The van der Waals surface area contributed by atoms with Gasteiger partial charge < -0.3 is 10.3 Å². The average molecular weight is 202 g/mol. The van der Waals surface area contributed by atoms with E-state index in [1.807, 2.05) is 0 Å². The van der Waals surface area contributed by atoms with Gasteiger partial charge in [-0.1, -0.05) is 19.9 Å². The molecule has 0 saturated carbocycles. The minimum Gasteiger partial charge on any atom is -0.350 e. The molecule has 2 nitrogen and oxygen atoms in total. The quantitative estimate of drug-likeness (QED) is 0.797. The van der Waals surface area contributed by atoms with Gasteiger partial charge in [0.25, 0.3) is 0 Å². The summed E-state index contributed by atoms with van der Waals surface area (Å²) in [6, 6.07) is 6.47. The molecule has 0 amide bonds. The standard InChI is InChI=1S/C13H18N2/c1-9(2)12-8-15(3)13-5-4-10(7-14)6-11(12)13/h4-6,8-9H,7,14H2,1-3H3. The molecule has 0 radical (unpaired) electrons. The lowest BCUT2D eigenvalue weighted by Crippen LogP contribution is -1.96. The molecule has 0 aliphatic heterocycles. The number of nitrogens with zero attached hydrogens (tertiary/aromatic N) is 1. The number of aromatic nitrogens is 1. The van der Waals surface area contributed by atoms with Crippen molar-refractivity contribution in [3.8, 4) is 0 Å². The second-order valence-corrected chi connectivity index (χ2v) is 4.41. The molecule has 15 heavy (non-hydrogen) atoms. The van der Waals surface area contributed by atoms with Gasteiger partial charge in [-0.15, -0.1) is 0 Å². The zero-order chi connectivity index (χ0) is 11.0. The molecule has 0 unspecified atom stereocenters. The van der Waals surface area contributed by atoms with Gasteiger partial charge in [-0.05, 0) is 29.2 Å². The van der Waals surface area contributed by atoms with Crippen molar-refractivity contribution in [2.24, 2.45) is 12.8 Å². The van der Waals surface area contributed by atoms with Crippen molar-refractivity contribution in [1.29, 1.82) is 0 Å². The number of fused-ring (bicyclic) bond motifs is 1. The Kier molecular flexibility index (Phi) is 2.53. The summed E-state index contributed by atoms with van der Waals surface area (Å²) in [5.41, 5.74) is 9.56. The van der Waals surface area contributed by atoms with Gasteiger partial charge in [0.05, 0.1) is 0 Å². The fraction of sp³-hybridized carbons (Fsp3) is 0.385. The lowest BCUT2D eigenvalue weighted by atomic mass is 10.0. The van der Waals surface area contributed by atoms with Gasteiger partial charge >= 0.3 is 0 Å². The lowest BCUT2D eigenvalue weighted by Gasteiger charge is -2.03. The second-order valence-electron chi connectivity index (χ2n) is 4.41. The molecule has 0 aliphatic carbocycles. The Hall–Kier alpha value is -1.28. The minimum absolute atomic E-state index is 0.557. The Morgan fingerprint density at radius 2 is 2.07 bits per heavy atom. The van der Waals surface area contributed by atoms with Crippen LogP contribution >= 0.6 is 0 Å². The number of benzene rings is 1. The summed E-state index contributed by atoms with van der Waals surface area (Å²) >= 11 is 0. The summed E-state index contributed by atoms with van der Waals surface area (Å²) in [7, 11) is 2.09. The predicted molar refractivity (Wildman–Crippen MR) is 64.9 cm³/mol. The molecule has 0 bridgehead atoms. The number of nitrogens with two attached hydrogens (primary N) is 1. The number of rotatable bonds is 2. The van der Waals surface area contributed by atoms with Gasteiger partial charge in [0.2, 0.25) is 0 Å². The lowest BCUT2D eigenvalue weighted by molar-refractivity contribution is 0.857.